The van der Waals surface area contributed by atoms with E-state index in [-0.39, 0.29) is 17.2 Å². The molecule has 0 fully saturated rings. The van der Waals surface area contributed by atoms with E-state index in [1.54, 1.807) is 24.5 Å². The number of benzene rings is 1. The number of guanidine groups is 1. The van der Waals surface area contributed by atoms with E-state index in [1.807, 2.05) is 6.92 Å². The van der Waals surface area contributed by atoms with Crippen LogP contribution in [0.5, 0.6) is 0 Å². The molecule has 2 heterocycles. The first-order chi connectivity index (χ1) is 11.8. The summed E-state index contributed by atoms with van der Waals surface area (Å²) in [4.78, 5) is 18.4. The Morgan fingerprint density at radius 2 is 2.08 bits per heavy atom. The molecule has 132 valence electrons. The Morgan fingerprint density at radius 3 is 2.80 bits per heavy atom. The van der Waals surface area contributed by atoms with Gasteiger partial charge in [0.25, 0.3) is 10.0 Å². The van der Waals surface area contributed by atoms with Crippen molar-refractivity contribution in [3.8, 4) is 0 Å². The van der Waals surface area contributed by atoms with Gasteiger partial charge in [-0.05, 0) is 31.6 Å². The van der Waals surface area contributed by atoms with E-state index in [0.717, 1.165) is 5.57 Å². The molecule has 3 rings (SSSR count). The molecule has 2 aliphatic heterocycles. The van der Waals surface area contributed by atoms with Gasteiger partial charge >= 0.3 is 5.97 Å². The van der Waals surface area contributed by atoms with Crippen molar-refractivity contribution in [1.82, 2.24) is 10.4 Å². The summed E-state index contributed by atoms with van der Waals surface area (Å²) >= 11 is 0. The first-order valence-electron chi connectivity index (χ1n) is 7.35. The molecule has 0 aliphatic carbocycles. The molecule has 1 aromatic rings. The van der Waals surface area contributed by atoms with E-state index in [2.05, 4.69) is 24.9 Å². The first kappa shape index (κ1) is 17.1. The number of para-hydroxylation sites is 1. The van der Waals surface area contributed by atoms with Gasteiger partial charge in [-0.1, -0.05) is 12.1 Å². The van der Waals surface area contributed by atoms with Crippen LogP contribution >= 0.6 is 0 Å². The number of hydrogen-bond donors (Lipinski definition) is 2. The van der Waals surface area contributed by atoms with Gasteiger partial charge in [0.15, 0.2) is 0 Å². The van der Waals surface area contributed by atoms with Crippen molar-refractivity contribution in [2.24, 2.45) is 9.98 Å². The van der Waals surface area contributed by atoms with Crippen molar-refractivity contribution in [3.05, 3.63) is 41.6 Å². The molecule has 2 aliphatic rings. The molecule has 2 N–H and O–H groups in total. The van der Waals surface area contributed by atoms with E-state index in [4.69, 9.17) is 0 Å². The molecule has 0 saturated carbocycles. The van der Waals surface area contributed by atoms with Crippen LogP contribution in [0.3, 0.4) is 0 Å². The zero-order valence-electron chi connectivity index (χ0n) is 13.8. The minimum absolute atomic E-state index is 0.106. The smallest absolute Gasteiger partial charge is 0.339 e. The lowest BCUT2D eigenvalue weighted by Gasteiger charge is -2.25. The van der Waals surface area contributed by atoms with Gasteiger partial charge in [-0.3, -0.25) is 4.72 Å². The molecular weight excluding hydrogens is 346 g/mol. The maximum Gasteiger partial charge on any atom is 0.339 e. The topological polar surface area (TPSA) is 112 Å². The second-order valence-corrected chi connectivity index (χ2v) is 7.66. The fraction of sp³-hybridized carbons (Fsp3) is 0.267. The monoisotopic (exact) mass is 363 g/mol. The third-order valence-corrected chi connectivity index (χ3v) is 5.39. The standard InChI is InChI=1S/C15H17N5O4S/c1-10-8-16-14-17-15(2,19-20(14)9-10)25(22,23)18-12-7-5-4-6-11(12)13(21)24-3/h4-9,18-19H,1-3H3. The number of methoxy groups -OCH3 is 1. The second kappa shape index (κ2) is 5.97. The number of ether oxygens (including phenoxy) is 1. The summed E-state index contributed by atoms with van der Waals surface area (Å²) in [6, 6.07) is 6.17. The molecule has 0 radical (unpaired) electrons. The van der Waals surface area contributed by atoms with Crippen molar-refractivity contribution >= 4 is 33.9 Å². The number of hydrazine groups is 1. The summed E-state index contributed by atoms with van der Waals surface area (Å²) in [5.41, 5.74) is 3.86. The number of carbonyl (C=O) groups is 1. The van der Waals surface area contributed by atoms with Crippen LogP contribution < -0.4 is 10.1 Å². The van der Waals surface area contributed by atoms with Gasteiger partial charge in [0, 0.05) is 12.4 Å². The predicted octanol–water partition coefficient (Wildman–Crippen LogP) is 1.05. The van der Waals surface area contributed by atoms with Crippen LogP contribution in [0.1, 0.15) is 24.2 Å². The number of fused-ring (bicyclic) bond motifs is 1. The van der Waals surface area contributed by atoms with Crippen molar-refractivity contribution < 1.29 is 17.9 Å². The number of nitrogens with one attached hydrogen (secondary N) is 2. The van der Waals surface area contributed by atoms with Gasteiger partial charge in [-0.25, -0.2) is 28.2 Å². The van der Waals surface area contributed by atoms with Gasteiger partial charge in [0.05, 0.1) is 18.4 Å². The molecule has 0 aromatic heterocycles. The van der Waals surface area contributed by atoms with Crippen molar-refractivity contribution in [1.29, 1.82) is 0 Å². The number of rotatable bonds is 4. The van der Waals surface area contributed by atoms with Crippen molar-refractivity contribution in [3.63, 3.8) is 0 Å². The van der Waals surface area contributed by atoms with Gasteiger partial charge in [0.2, 0.25) is 11.0 Å². The van der Waals surface area contributed by atoms with E-state index in [1.165, 1.54) is 31.2 Å². The number of aliphatic imine (C=N–C) groups is 2. The Balaban J connectivity index is 1.93. The van der Waals surface area contributed by atoms with Gasteiger partial charge in [-0.2, -0.15) is 5.43 Å². The summed E-state index contributed by atoms with van der Waals surface area (Å²) in [6.07, 6.45) is 3.28. The fourth-order valence-corrected chi connectivity index (χ4v) is 3.43. The summed E-state index contributed by atoms with van der Waals surface area (Å²) < 4.78 is 32.8. The van der Waals surface area contributed by atoms with Crippen LogP contribution in [0, 0.1) is 0 Å². The number of nitrogens with zero attached hydrogens (tertiary/aromatic N) is 3. The molecular formula is C15H17N5O4S. The quantitative estimate of drug-likeness (QED) is 0.774. The predicted molar refractivity (Wildman–Crippen MR) is 93.4 cm³/mol. The van der Waals surface area contributed by atoms with Crippen LogP contribution in [0.2, 0.25) is 0 Å². The maximum atomic E-state index is 12.9. The lowest BCUT2D eigenvalue weighted by atomic mass is 10.2. The lowest BCUT2D eigenvalue weighted by molar-refractivity contribution is 0.0602. The largest absolute Gasteiger partial charge is 0.465 e. The molecule has 0 bridgehead atoms. The minimum Gasteiger partial charge on any atom is -0.465 e. The Labute approximate surface area is 145 Å². The molecule has 1 atom stereocenters. The SMILES string of the molecule is COC(=O)c1ccccc1NS(=O)(=O)C1(C)N=C2N=CC(C)=CN2N1. The molecule has 0 spiro atoms. The Kier molecular flexibility index (Phi) is 4.09. The number of esters is 1. The zero-order chi connectivity index (χ0) is 18.2. The van der Waals surface area contributed by atoms with E-state index in [0.29, 0.717) is 0 Å². The summed E-state index contributed by atoms with van der Waals surface area (Å²) in [5, 5.41) is 1.45. The second-order valence-electron chi connectivity index (χ2n) is 5.65. The summed E-state index contributed by atoms with van der Waals surface area (Å²) in [7, 11) is -2.83. The summed E-state index contributed by atoms with van der Waals surface area (Å²) in [6.45, 7) is 3.23. The van der Waals surface area contributed by atoms with Crippen LogP contribution in [0.15, 0.2) is 46.0 Å². The van der Waals surface area contributed by atoms with Gasteiger partial charge in [0.1, 0.15) is 0 Å². The van der Waals surface area contributed by atoms with Crippen molar-refractivity contribution in [2.45, 2.75) is 18.8 Å². The number of carbonyl (C=O) groups excluding carboxylic acids is 1. The average molecular weight is 363 g/mol. The molecule has 0 saturated heterocycles. The van der Waals surface area contributed by atoms with Crippen LogP contribution in [-0.2, 0) is 14.8 Å². The first-order valence-corrected chi connectivity index (χ1v) is 8.83. The van der Waals surface area contributed by atoms with Crippen LogP contribution in [-0.4, -0.2) is 43.7 Å². The lowest BCUT2D eigenvalue weighted by Crippen LogP contribution is -2.51. The number of allylic oxidation sites excluding steroid dienone is 1. The molecule has 9 nitrogen and oxygen atoms in total. The number of hydrogen-bond acceptors (Lipinski definition) is 8. The van der Waals surface area contributed by atoms with E-state index in [9.17, 15) is 13.2 Å². The van der Waals surface area contributed by atoms with Crippen LogP contribution in [0.4, 0.5) is 5.69 Å². The van der Waals surface area contributed by atoms with Gasteiger partial charge < -0.3 is 4.74 Å². The van der Waals surface area contributed by atoms with Crippen molar-refractivity contribution in [2.75, 3.05) is 11.8 Å². The average Bonchev–Trinajstić information content (AvgIpc) is 2.91. The van der Waals surface area contributed by atoms with Gasteiger partial charge in [-0.15, -0.1) is 0 Å². The Morgan fingerprint density at radius 1 is 1.36 bits per heavy atom. The molecule has 1 aromatic carbocycles. The maximum absolute atomic E-state index is 12.9. The Bertz CT molecular complexity index is 922. The zero-order valence-corrected chi connectivity index (χ0v) is 14.7. The normalized spacial score (nSPS) is 22.1. The number of sulfonamides is 1. The number of anilines is 1. The minimum atomic E-state index is -4.05. The third kappa shape index (κ3) is 3.01. The molecule has 1 unspecified atom stereocenters. The van der Waals surface area contributed by atoms with Crippen LogP contribution in [0.25, 0.3) is 0 Å². The highest BCUT2D eigenvalue weighted by molar-refractivity contribution is 7.94. The molecule has 25 heavy (non-hydrogen) atoms. The van der Waals surface area contributed by atoms with E-state index >= 15 is 0 Å². The molecule has 0 amide bonds. The third-order valence-electron chi connectivity index (χ3n) is 3.67. The summed E-state index contributed by atoms with van der Waals surface area (Å²) in [5.74, 6) is -0.408. The molecule has 10 heteroatoms. The highest BCUT2D eigenvalue weighted by atomic mass is 32.2. The highest BCUT2D eigenvalue weighted by Crippen LogP contribution is 2.28. The van der Waals surface area contributed by atoms with E-state index < -0.39 is 21.0 Å². The highest BCUT2D eigenvalue weighted by Gasteiger charge is 2.46. The Hall–Kier alpha value is -2.72. The fourth-order valence-electron chi connectivity index (χ4n) is 2.35.